The van der Waals surface area contributed by atoms with Gasteiger partial charge in [-0.2, -0.15) is 21.0 Å². The van der Waals surface area contributed by atoms with Crippen molar-refractivity contribution in [3.05, 3.63) is 70.3 Å². The predicted molar refractivity (Wildman–Crippen MR) is 147 cm³/mol. The van der Waals surface area contributed by atoms with Crippen LogP contribution in [0.25, 0.3) is 54.3 Å². The van der Waals surface area contributed by atoms with Gasteiger partial charge in [0.2, 0.25) is 0 Å². The van der Waals surface area contributed by atoms with Crippen molar-refractivity contribution in [1.29, 1.82) is 21.0 Å². The third-order valence-electron chi connectivity index (χ3n) is 5.83. The molecule has 0 atom stereocenters. The molecular weight excluding hydrogens is 498 g/mol. The molecule has 5 aromatic rings. The molecule has 37 heavy (non-hydrogen) atoms. The van der Waals surface area contributed by atoms with Gasteiger partial charge in [0.25, 0.3) is 0 Å². The van der Waals surface area contributed by atoms with Crippen molar-refractivity contribution in [2.75, 3.05) is 0 Å². The molecule has 1 aromatic carbocycles. The van der Waals surface area contributed by atoms with Gasteiger partial charge in [-0.05, 0) is 56.3 Å². The van der Waals surface area contributed by atoms with Gasteiger partial charge in [0, 0.05) is 37.7 Å². The maximum Gasteiger partial charge on any atom is 0.134 e. The van der Waals surface area contributed by atoms with E-state index in [1.165, 1.54) is 10.8 Å². The molecule has 0 saturated carbocycles. The molecule has 6 nitrogen and oxygen atoms in total. The molecular formula is C29H17N5OS2. The van der Waals surface area contributed by atoms with Crippen LogP contribution in [-0.2, 0) is 0 Å². The molecule has 0 amide bonds. The summed E-state index contributed by atoms with van der Waals surface area (Å²) >= 11 is 3.28. The van der Waals surface area contributed by atoms with Gasteiger partial charge in [0.15, 0.2) is 0 Å². The molecule has 0 unspecified atom stereocenters. The summed E-state index contributed by atoms with van der Waals surface area (Å²) in [6.07, 6.45) is 3.05. The van der Waals surface area contributed by atoms with E-state index >= 15 is 0 Å². The van der Waals surface area contributed by atoms with Gasteiger partial charge < -0.3 is 8.98 Å². The lowest BCUT2D eigenvalue weighted by atomic mass is 10.1. The number of aromatic nitrogens is 1. The smallest absolute Gasteiger partial charge is 0.134 e. The van der Waals surface area contributed by atoms with Crippen LogP contribution in [0.3, 0.4) is 0 Å². The Morgan fingerprint density at radius 2 is 1.54 bits per heavy atom. The van der Waals surface area contributed by atoms with Gasteiger partial charge in [-0.25, -0.2) is 0 Å². The molecule has 0 aliphatic carbocycles. The van der Waals surface area contributed by atoms with Crippen molar-refractivity contribution >= 4 is 55.9 Å². The predicted octanol–water partition coefficient (Wildman–Crippen LogP) is 8.29. The van der Waals surface area contributed by atoms with E-state index < -0.39 is 0 Å². The summed E-state index contributed by atoms with van der Waals surface area (Å²) in [5.74, 6) is 1.12. The Morgan fingerprint density at radius 1 is 0.811 bits per heavy atom. The van der Waals surface area contributed by atoms with Crippen LogP contribution in [0.1, 0.15) is 30.5 Å². The van der Waals surface area contributed by atoms with Crippen LogP contribution in [0.15, 0.2) is 64.1 Å². The largest absolute Gasteiger partial charge is 0.457 e. The maximum atomic E-state index is 9.04. The van der Waals surface area contributed by atoms with E-state index in [4.69, 9.17) is 25.5 Å². The monoisotopic (exact) mass is 515 g/mol. The van der Waals surface area contributed by atoms with E-state index in [0.29, 0.717) is 11.5 Å². The number of hydrogen-bond donors (Lipinski definition) is 0. The number of fused-ring (bicyclic) bond motifs is 3. The summed E-state index contributed by atoms with van der Waals surface area (Å²) in [6, 6.07) is 23.7. The fraction of sp³-hybridized carbons (Fsp3) is 0.103. The van der Waals surface area contributed by atoms with Crippen molar-refractivity contribution < 1.29 is 4.42 Å². The fourth-order valence-corrected chi connectivity index (χ4v) is 6.47. The number of hydrogen-bond acceptors (Lipinski definition) is 7. The molecule has 4 heterocycles. The molecule has 5 rings (SSSR count). The van der Waals surface area contributed by atoms with Gasteiger partial charge >= 0.3 is 0 Å². The number of nitriles is 4. The SMILES string of the molecule is CC(C)n1c2cc(-c3ccc(C=C(C#N)C#N)o3)ccc2c2sc(-c3ccc(C=C(C#N)C#N)s3)cc21. The summed E-state index contributed by atoms with van der Waals surface area (Å²) in [5.41, 5.74) is 3.25. The van der Waals surface area contributed by atoms with Crippen LogP contribution in [0.4, 0.5) is 0 Å². The van der Waals surface area contributed by atoms with Gasteiger partial charge in [-0.3, -0.25) is 0 Å². The van der Waals surface area contributed by atoms with Crippen LogP contribution in [0.2, 0.25) is 0 Å². The van der Waals surface area contributed by atoms with E-state index in [2.05, 4.69) is 36.6 Å². The third-order valence-corrected chi connectivity index (χ3v) is 8.21. The van der Waals surface area contributed by atoms with Crippen LogP contribution in [0, 0.1) is 45.3 Å². The lowest BCUT2D eigenvalue weighted by molar-refractivity contribution is 0.571. The van der Waals surface area contributed by atoms with E-state index in [9.17, 15) is 0 Å². The van der Waals surface area contributed by atoms with Crippen LogP contribution < -0.4 is 0 Å². The number of rotatable bonds is 5. The molecule has 0 aliphatic heterocycles. The summed E-state index contributed by atoms with van der Waals surface area (Å²) in [5, 5.41) is 37.2. The summed E-state index contributed by atoms with van der Waals surface area (Å²) in [4.78, 5) is 3.10. The maximum absolute atomic E-state index is 9.04. The van der Waals surface area contributed by atoms with Gasteiger partial charge in [0.1, 0.15) is 46.9 Å². The third kappa shape index (κ3) is 4.33. The molecule has 0 spiro atoms. The van der Waals surface area contributed by atoms with Gasteiger partial charge in [-0.1, -0.05) is 12.1 Å². The Bertz CT molecular complexity index is 1800. The Morgan fingerprint density at radius 3 is 2.24 bits per heavy atom. The van der Waals surface area contributed by atoms with Crippen molar-refractivity contribution in [2.24, 2.45) is 0 Å². The molecule has 0 N–H and O–H groups in total. The minimum atomic E-state index is -0.00877. The minimum Gasteiger partial charge on any atom is -0.457 e. The Labute approximate surface area is 221 Å². The highest BCUT2D eigenvalue weighted by Crippen LogP contribution is 2.44. The highest BCUT2D eigenvalue weighted by atomic mass is 32.1. The van der Waals surface area contributed by atoms with Crippen molar-refractivity contribution in [1.82, 2.24) is 4.57 Å². The number of nitrogens with zero attached hydrogens (tertiary/aromatic N) is 5. The zero-order valence-corrected chi connectivity index (χ0v) is 21.4. The van der Waals surface area contributed by atoms with Gasteiger partial charge in [-0.15, -0.1) is 22.7 Å². The van der Waals surface area contributed by atoms with E-state index in [-0.39, 0.29) is 17.2 Å². The summed E-state index contributed by atoms with van der Waals surface area (Å²) < 4.78 is 9.42. The fourth-order valence-electron chi connectivity index (χ4n) is 4.25. The van der Waals surface area contributed by atoms with E-state index in [1.54, 1.807) is 34.8 Å². The van der Waals surface area contributed by atoms with E-state index in [1.807, 2.05) is 48.5 Å². The standard InChI is InChI=1S/C29H17N5OS2/c1-17(2)34-24-11-20(26-7-4-21(35-26)9-18(13-30)14-31)3-6-23(24)29-25(34)12-28(37-29)27-8-5-22(36-27)10-19(15-32)16-33/h3-12,17H,1-2H3. The first kappa shape index (κ1) is 23.9. The summed E-state index contributed by atoms with van der Waals surface area (Å²) in [6.45, 7) is 4.31. The lowest BCUT2D eigenvalue weighted by Gasteiger charge is -2.11. The number of furan rings is 1. The second-order valence-corrected chi connectivity index (χ2v) is 10.7. The quantitative estimate of drug-likeness (QED) is 0.218. The molecule has 0 fully saturated rings. The Kier molecular flexibility index (Phi) is 6.22. The van der Waals surface area contributed by atoms with Crippen LogP contribution >= 0.6 is 22.7 Å². The molecule has 0 bridgehead atoms. The van der Waals surface area contributed by atoms with Gasteiger partial charge in [0.05, 0.1) is 15.7 Å². The summed E-state index contributed by atoms with van der Waals surface area (Å²) in [7, 11) is 0. The second kappa shape index (κ2) is 9.65. The van der Waals surface area contributed by atoms with Crippen LogP contribution in [-0.4, -0.2) is 4.57 Å². The highest BCUT2D eigenvalue weighted by molar-refractivity contribution is 7.27. The second-order valence-electron chi connectivity index (χ2n) is 8.49. The molecule has 0 radical (unpaired) electrons. The minimum absolute atomic E-state index is 0.00877. The Hall–Kier alpha value is -4.86. The van der Waals surface area contributed by atoms with Crippen molar-refractivity contribution in [2.45, 2.75) is 19.9 Å². The zero-order chi connectivity index (χ0) is 26.1. The molecule has 8 heteroatoms. The van der Waals surface area contributed by atoms with Crippen LogP contribution in [0.5, 0.6) is 0 Å². The number of thiophene rings is 2. The Balaban J connectivity index is 1.58. The lowest BCUT2D eigenvalue weighted by Crippen LogP contribution is -1.99. The number of benzene rings is 1. The normalized spacial score (nSPS) is 10.6. The van der Waals surface area contributed by atoms with E-state index in [0.717, 1.165) is 36.6 Å². The highest BCUT2D eigenvalue weighted by Gasteiger charge is 2.19. The topological polar surface area (TPSA) is 113 Å². The zero-order valence-electron chi connectivity index (χ0n) is 19.8. The molecule has 4 aromatic heterocycles. The first-order chi connectivity index (χ1) is 17.9. The average Bonchev–Trinajstić information content (AvgIpc) is 3.68. The first-order valence-corrected chi connectivity index (χ1v) is 12.9. The molecule has 176 valence electrons. The van der Waals surface area contributed by atoms with Crippen molar-refractivity contribution in [3.8, 4) is 45.4 Å². The molecule has 0 saturated heterocycles. The number of allylic oxidation sites excluding steroid dienone is 2. The van der Waals surface area contributed by atoms with Crippen molar-refractivity contribution in [3.63, 3.8) is 0 Å². The first-order valence-electron chi connectivity index (χ1n) is 11.3. The average molecular weight is 516 g/mol. The molecule has 0 aliphatic rings.